The Morgan fingerprint density at radius 2 is 1.94 bits per heavy atom. The summed E-state index contributed by atoms with van der Waals surface area (Å²) in [5.41, 5.74) is 0. The van der Waals surface area contributed by atoms with Gasteiger partial charge in [-0.1, -0.05) is 0 Å². The van der Waals surface area contributed by atoms with Crippen LogP contribution in [-0.2, 0) is 4.79 Å². The molecule has 3 N–H and O–H groups in total. The Bertz CT molecular complexity index is 349. The lowest BCUT2D eigenvalue weighted by Crippen LogP contribution is -2.49. The fraction of sp³-hybridized carbons (Fsp3) is 0.600. The number of terminal acetylenes is 1. The number of carbonyl (C=O) groups is 2. The van der Waals surface area contributed by atoms with Crippen LogP contribution in [0.5, 0.6) is 0 Å². The molecule has 5 nitrogen and oxygen atoms in total. The van der Waals surface area contributed by atoms with E-state index in [0.29, 0.717) is 0 Å². The van der Waals surface area contributed by atoms with E-state index in [1.807, 2.05) is 16.6 Å². The van der Waals surface area contributed by atoms with Crippen molar-refractivity contribution in [2.24, 2.45) is 0 Å². The van der Waals surface area contributed by atoms with Crippen molar-refractivity contribution in [3.05, 3.63) is 0 Å². The summed E-state index contributed by atoms with van der Waals surface area (Å²) in [7, 11) is 0. The predicted molar refractivity (Wildman–Crippen MR) is 56.7 cm³/mol. The van der Waals surface area contributed by atoms with Gasteiger partial charge in [-0.3, -0.25) is 0 Å². The van der Waals surface area contributed by atoms with Crippen molar-refractivity contribution in [2.75, 3.05) is 0 Å². The molecule has 102 valence electrons. The number of hydrogen-bond acceptors (Lipinski definition) is 2. The van der Waals surface area contributed by atoms with Crippen molar-refractivity contribution >= 4 is 12.0 Å². The second-order valence-electron chi connectivity index (χ2n) is 3.64. The van der Waals surface area contributed by atoms with Gasteiger partial charge < -0.3 is 15.7 Å². The normalized spacial score (nSPS) is 14.2. The zero-order valence-corrected chi connectivity index (χ0v) is 9.54. The van der Waals surface area contributed by atoms with Crippen LogP contribution in [-0.4, -0.2) is 35.4 Å². The SMILES string of the molecule is C#CCC(NC(=O)NC(C)CC(F)(F)F)C(=O)O. The Hall–Kier alpha value is -1.91. The summed E-state index contributed by atoms with van der Waals surface area (Å²) in [6.07, 6.45) is -0.966. The number of carbonyl (C=O) groups excluding carboxylic acids is 1. The molecular formula is C10H13F3N2O3. The van der Waals surface area contributed by atoms with Gasteiger partial charge in [-0.05, 0) is 6.92 Å². The van der Waals surface area contributed by atoms with Gasteiger partial charge in [0.05, 0.1) is 6.42 Å². The number of rotatable bonds is 5. The van der Waals surface area contributed by atoms with Crippen LogP contribution in [0.1, 0.15) is 19.8 Å². The van der Waals surface area contributed by atoms with Gasteiger partial charge in [-0.25, -0.2) is 9.59 Å². The average molecular weight is 266 g/mol. The first-order valence-corrected chi connectivity index (χ1v) is 4.95. The van der Waals surface area contributed by atoms with Gasteiger partial charge in [0.25, 0.3) is 0 Å². The lowest BCUT2D eigenvalue weighted by atomic mass is 10.2. The molecule has 2 unspecified atom stereocenters. The predicted octanol–water partition coefficient (Wildman–Crippen LogP) is 1.10. The molecule has 0 bridgehead atoms. The largest absolute Gasteiger partial charge is 0.480 e. The lowest BCUT2D eigenvalue weighted by molar-refractivity contribution is -0.140. The fourth-order valence-corrected chi connectivity index (χ4v) is 1.14. The molecule has 0 heterocycles. The van der Waals surface area contributed by atoms with E-state index in [1.165, 1.54) is 0 Å². The first kappa shape index (κ1) is 16.1. The number of urea groups is 1. The van der Waals surface area contributed by atoms with Crippen LogP contribution in [0.3, 0.4) is 0 Å². The summed E-state index contributed by atoms with van der Waals surface area (Å²) < 4.78 is 35.9. The number of halogens is 3. The van der Waals surface area contributed by atoms with E-state index in [-0.39, 0.29) is 6.42 Å². The van der Waals surface area contributed by atoms with Crippen LogP contribution in [0, 0.1) is 12.3 Å². The third kappa shape index (κ3) is 7.38. The highest BCUT2D eigenvalue weighted by Crippen LogP contribution is 2.21. The number of nitrogens with one attached hydrogen (secondary N) is 2. The molecule has 0 rings (SSSR count). The highest BCUT2D eigenvalue weighted by molar-refractivity contribution is 5.82. The van der Waals surface area contributed by atoms with Crippen LogP contribution in [0.4, 0.5) is 18.0 Å². The maximum absolute atomic E-state index is 12.0. The first-order chi connectivity index (χ1) is 8.15. The maximum Gasteiger partial charge on any atom is 0.391 e. The molecule has 0 aliphatic heterocycles. The number of amides is 2. The van der Waals surface area contributed by atoms with Crippen molar-refractivity contribution in [1.82, 2.24) is 10.6 Å². The molecule has 0 aromatic rings. The summed E-state index contributed by atoms with van der Waals surface area (Å²) >= 11 is 0. The molecule has 0 aromatic heterocycles. The van der Waals surface area contributed by atoms with Crippen molar-refractivity contribution < 1.29 is 27.9 Å². The monoisotopic (exact) mass is 266 g/mol. The third-order valence-electron chi connectivity index (χ3n) is 1.84. The molecule has 2 amide bonds. The van der Waals surface area contributed by atoms with E-state index in [0.717, 1.165) is 6.92 Å². The Labute approximate surface area is 102 Å². The summed E-state index contributed by atoms with van der Waals surface area (Å²) in [5.74, 6) is 0.688. The average Bonchev–Trinajstić information content (AvgIpc) is 2.13. The number of carboxylic acid groups (broad SMARTS) is 1. The Morgan fingerprint density at radius 1 is 1.39 bits per heavy atom. The molecular weight excluding hydrogens is 253 g/mol. The maximum atomic E-state index is 12.0. The summed E-state index contributed by atoms with van der Waals surface area (Å²) in [4.78, 5) is 21.8. The number of alkyl halides is 3. The Morgan fingerprint density at radius 3 is 2.33 bits per heavy atom. The van der Waals surface area contributed by atoms with E-state index in [2.05, 4.69) is 0 Å². The van der Waals surface area contributed by atoms with Gasteiger partial charge in [0.2, 0.25) is 0 Å². The van der Waals surface area contributed by atoms with E-state index in [9.17, 15) is 22.8 Å². The van der Waals surface area contributed by atoms with Crippen LogP contribution in [0.2, 0.25) is 0 Å². The van der Waals surface area contributed by atoms with E-state index >= 15 is 0 Å². The summed E-state index contributed by atoms with van der Waals surface area (Å²) in [6.45, 7) is 1.16. The van der Waals surface area contributed by atoms with E-state index in [4.69, 9.17) is 11.5 Å². The number of aliphatic carboxylic acids is 1. The van der Waals surface area contributed by atoms with Crippen LogP contribution < -0.4 is 10.6 Å². The highest BCUT2D eigenvalue weighted by Gasteiger charge is 2.31. The summed E-state index contributed by atoms with van der Waals surface area (Å²) in [5, 5.41) is 12.6. The van der Waals surface area contributed by atoms with Gasteiger partial charge in [0.15, 0.2) is 0 Å². The fourth-order valence-electron chi connectivity index (χ4n) is 1.14. The second kappa shape index (κ2) is 6.74. The van der Waals surface area contributed by atoms with Gasteiger partial charge in [-0.2, -0.15) is 13.2 Å². The quantitative estimate of drug-likeness (QED) is 0.652. The minimum Gasteiger partial charge on any atom is -0.480 e. The van der Waals surface area contributed by atoms with E-state index < -0.39 is 36.7 Å². The number of hydrogen-bond donors (Lipinski definition) is 3. The van der Waals surface area contributed by atoms with Crippen molar-refractivity contribution in [2.45, 2.75) is 38.0 Å². The third-order valence-corrected chi connectivity index (χ3v) is 1.84. The lowest BCUT2D eigenvalue weighted by Gasteiger charge is -2.18. The molecule has 0 spiro atoms. The van der Waals surface area contributed by atoms with Gasteiger partial charge in [0, 0.05) is 12.5 Å². The summed E-state index contributed by atoms with van der Waals surface area (Å²) in [6, 6.07) is -3.49. The minimum atomic E-state index is -4.41. The molecule has 0 radical (unpaired) electrons. The molecule has 0 aliphatic carbocycles. The van der Waals surface area contributed by atoms with Crippen molar-refractivity contribution in [3.63, 3.8) is 0 Å². The molecule has 0 aromatic carbocycles. The molecule has 0 saturated carbocycles. The zero-order valence-electron chi connectivity index (χ0n) is 9.54. The molecule has 18 heavy (non-hydrogen) atoms. The standard InChI is InChI=1S/C10H13F3N2O3/c1-3-4-7(8(16)17)15-9(18)14-6(2)5-10(11,12)13/h1,6-7H,4-5H2,2H3,(H,16,17)(H2,14,15,18). The molecule has 0 aliphatic rings. The molecule has 0 saturated heterocycles. The van der Waals surface area contributed by atoms with Gasteiger partial charge >= 0.3 is 18.2 Å². The van der Waals surface area contributed by atoms with E-state index in [1.54, 1.807) is 0 Å². The van der Waals surface area contributed by atoms with Crippen LogP contribution in [0.25, 0.3) is 0 Å². The van der Waals surface area contributed by atoms with Gasteiger partial charge in [-0.15, -0.1) is 12.3 Å². The topological polar surface area (TPSA) is 78.4 Å². The van der Waals surface area contributed by atoms with Gasteiger partial charge in [0.1, 0.15) is 6.04 Å². The molecule has 2 atom stereocenters. The van der Waals surface area contributed by atoms with Crippen LogP contribution in [0.15, 0.2) is 0 Å². The first-order valence-electron chi connectivity index (χ1n) is 4.95. The Kier molecular flexibility index (Phi) is 6.02. The van der Waals surface area contributed by atoms with Crippen LogP contribution >= 0.6 is 0 Å². The molecule has 8 heteroatoms. The second-order valence-corrected chi connectivity index (χ2v) is 3.64. The molecule has 0 fully saturated rings. The highest BCUT2D eigenvalue weighted by atomic mass is 19.4. The minimum absolute atomic E-state index is 0.254. The zero-order chi connectivity index (χ0) is 14.3. The number of carboxylic acids is 1. The smallest absolute Gasteiger partial charge is 0.391 e. The van der Waals surface area contributed by atoms with Crippen molar-refractivity contribution in [3.8, 4) is 12.3 Å². The van der Waals surface area contributed by atoms with Crippen molar-refractivity contribution in [1.29, 1.82) is 0 Å². The Balaban J connectivity index is 4.25.